The highest BCUT2D eigenvalue weighted by Crippen LogP contribution is 2.25. The van der Waals surface area contributed by atoms with Crippen LogP contribution >= 0.6 is 0 Å². The number of carbonyl (C=O) groups excluding carboxylic acids is 2. The predicted molar refractivity (Wildman–Crippen MR) is 83.0 cm³/mol. The SMILES string of the molecule is CCN1CCOC(=O)[C@H]1CC(=O)Nc1cc(C)ccc1OC. The standard InChI is InChI=1S/C16H22N2O4/c1-4-18-7-8-22-16(20)13(18)10-15(19)17-12-9-11(2)5-6-14(12)21-3/h5-6,9,13H,4,7-8,10H2,1-3H3,(H,17,19)/t13-/m1/s1. The van der Waals surface area contributed by atoms with E-state index in [4.69, 9.17) is 9.47 Å². The summed E-state index contributed by atoms with van der Waals surface area (Å²) in [6.45, 7) is 5.66. The Morgan fingerprint density at radius 1 is 1.50 bits per heavy atom. The average molecular weight is 306 g/mol. The Bertz CT molecular complexity index is 559. The molecule has 0 aliphatic carbocycles. The van der Waals surface area contributed by atoms with Gasteiger partial charge in [0.05, 0.1) is 19.2 Å². The highest BCUT2D eigenvalue weighted by molar-refractivity contribution is 5.95. The highest BCUT2D eigenvalue weighted by Gasteiger charge is 2.32. The number of amides is 1. The summed E-state index contributed by atoms with van der Waals surface area (Å²) in [6, 6.07) is 5.03. The Labute approximate surface area is 130 Å². The number of benzene rings is 1. The molecule has 1 amide bonds. The van der Waals surface area contributed by atoms with Gasteiger partial charge in [-0.2, -0.15) is 0 Å². The zero-order valence-corrected chi connectivity index (χ0v) is 13.2. The van der Waals surface area contributed by atoms with Crippen molar-refractivity contribution in [2.45, 2.75) is 26.3 Å². The van der Waals surface area contributed by atoms with E-state index < -0.39 is 6.04 Å². The number of anilines is 1. The quantitative estimate of drug-likeness (QED) is 0.837. The molecule has 1 saturated heterocycles. The minimum absolute atomic E-state index is 0.0732. The minimum Gasteiger partial charge on any atom is -0.495 e. The molecule has 1 N–H and O–H groups in total. The van der Waals surface area contributed by atoms with Crippen molar-refractivity contribution in [3.63, 3.8) is 0 Å². The van der Waals surface area contributed by atoms with Crippen molar-refractivity contribution < 1.29 is 19.1 Å². The van der Waals surface area contributed by atoms with Crippen LogP contribution in [-0.4, -0.2) is 49.6 Å². The van der Waals surface area contributed by atoms with Crippen LogP contribution in [0.2, 0.25) is 0 Å². The molecule has 1 aromatic carbocycles. The van der Waals surface area contributed by atoms with Crippen molar-refractivity contribution in [3.8, 4) is 5.75 Å². The molecule has 2 rings (SSSR count). The first kappa shape index (κ1) is 16.3. The van der Waals surface area contributed by atoms with Crippen LogP contribution in [0, 0.1) is 6.92 Å². The van der Waals surface area contributed by atoms with Gasteiger partial charge < -0.3 is 14.8 Å². The molecule has 1 heterocycles. The van der Waals surface area contributed by atoms with Crippen molar-refractivity contribution >= 4 is 17.6 Å². The van der Waals surface area contributed by atoms with E-state index >= 15 is 0 Å². The monoisotopic (exact) mass is 306 g/mol. The van der Waals surface area contributed by atoms with Crippen molar-refractivity contribution in [3.05, 3.63) is 23.8 Å². The predicted octanol–water partition coefficient (Wildman–Crippen LogP) is 1.58. The summed E-state index contributed by atoms with van der Waals surface area (Å²) in [5, 5.41) is 2.82. The lowest BCUT2D eigenvalue weighted by Crippen LogP contribution is -2.50. The van der Waals surface area contributed by atoms with Gasteiger partial charge in [-0.05, 0) is 31.2 Å². The van der Waals surface area contributed by atoms with Crippen LogP contribution in [0.3, 0.4) is 0 Å². The molecule has 1 aromatic rings. The number of rotatable bonds is 5. The van der Waals surface area contributed by atoms with E-state index in [0.717, 1.165) is 5.56 Å². The molecule has 0 spiro atoms. The summed E-state index contributed by atoms with van der Waals surface area (Å²) in [7, 11) is 1.55. The minimum atomic E-state index is -0.519. The number of hydrogen-bond acceptors (Lipinski definition) is 5. The Morgan fingerprint density at radius 3 is 2.95 bits per heavy atom. The number of likely N-dealkylation sites (N-methyl/N-ethyl adjacent to an activating group) is 1. The second kappa shape index (κ2) is 7.26. The smallest absolute Gasteiger partial charge is 0.323 e. The Morgan fingerprint density at radius 2 is 2.27 bits per heavy atom. The topological polar surface area (TPSA) is 67.9 Å². The molecule has 1 aliphatic rings. The van der Waals surface area contributed by atoms with E-state index in [-0.39, 0.29) is 18.3 Å². The number of methoxy groups -OCH3 is 1. The van der Waals surface area contributed by atoms with Gasteiger partial charge in [0.2, 0.25) is 5.91 Å². The van der Waals surface area contributed by atoms with E-state index in [0.29, 0.717) is 31.1 Å². The summed E-state index contributed by atoms with van der Waals surface area (Å²) < 4.78 is 10.3. The third-order valence-corrected chi connectivity index (χ3v) is 3.75. The van der Waals surface area contributed by atoms with Gasteiger partial charge >= 0.3 is 5.97 Å². The molecule has 120 valence electrons. The maximum atomic E-state index is 12.3. The summed E-state index contributed by atoms with van der Waals surface area (Å²) in [6.07, 6.45) is 0.0732. The molecule has 0 bridgehead atoms. The Kier molecular flexibility index (Phi) is 5.38. The van der Waals surface area contributed by atoms with Gasteiger partial charge in [-0.25, -0.2) is 0 Å². The lowest BCUT2D eigenvalue weighted by Gasteiger charge is -2.32. The average Bonchev–Trinajstić information content (AvgIpc) is 2.49. The van der Waals surface area contributed by atoms with Gasteiger partial charge in [0.15, 0.2) is 0 Å². The number of carbonyl (C=O) groups is 2. The van der Waals surface area contributed by atoms with Gasteiger partial charge in [0.1, 0.15) is 18.4 Å². The zero-order chi connectivity index (χ0) is 16.1. The van der Waals surface area contributed by atoms with E-state index in [2.05, 4.69) is 5.32 Å². The maximum Gasteiger partial charge on any atom is 0.323 e. The Hall–Kier alpha value is -2.08. The van der Waals surface area contributed by atoms with Crippen LogP contribution < -0.4 is 10.1 Å². The first-order valence-corrected chi connectivity index (χ1v) is 7.40. The molecule has 0 aromatic heterocycles. The zero-order valence-electron chi connectivity index (χ0n) is 13.2. The maximum absolute atomic E-state index is 12.3. The second-order valence-corrected chi connectivity index (χ2v) is 5.27. The molecule has 1 aliphatic heterocycles. The molecule has 1 atom stereocenters. The summed E-state index contributed by atoms with van der Waals surface area (Å²) >= 11 is 0. The number of ether oxygens (including phenoxy) is 2. The summed E-state index contributed by atoms with van der Waals surface area (Å²) in [5.41, 5.74) is 1.63. The van der Waals surface area contributed by atoms with Crippen LogP contribution in [0.4, 0.5) is 5.69 Å². The normalized spacial score (nSPS) is 18.7. The molecule has 6 heteroatoms. The fourth-order valence-corrected chi connectivity index (χ4v) is 2.55. The van der Waals surface area contributed by atoms with Crippen LogP contribution in [0.5, 0.6) is 5.75 Å². The lowest BCUT2D eigenvalue weighted by atomic mass is 10.1. The van der Waals surface area contributed by atoms with Gasteiger partial charge in [-0.15, -0.1) is 0 Å². The van der Waals surface area contributed by atoms with Gasteiger partial charge in [0.25, 0.3) is 0 Å². The number of esters is 1. The first-order valence-electron chi connectivity index (χ1n) is 7.40. The molecule has 0 saturated carbocycles. The molecule has 0 radical (unpaired) electrons. The fraction of sp³-hybridized carbons (Fsp3) is 0.500. The molecule has 1 fully saturated rings. The van der Waals surface area contributed by atoms with Gasteiger partial charge in [-0.1, -0.05) is 13.0 Å². The summed E-state index contributed by atoms with van der Waals surface area (Å²) in [4.78, 5) is 26.1. The van der Waals surface area contributed by atoms with E-state index in [1.165, 1.54) is 0 Å². The molecule has 0 unspecified atom stereocenters. The largest absolute Gasteiger partial charge is 0.495 e. The third kappa shape index (κ3) is 3.76. The number of morpholine rings is 1. The van der Waals surface area contributed by atoms with Gasteiger partial charge in [-0.3, -0.25) is 14.5 Å². The molecular weight excluding hydrogens is 284 g/mol. The first-order chi connectivity index (χ1) is 10.5. The van der Waals surface area contributed by atoms with Crippen LogP contribution in [0.15, 0.2) is 18.2 Å². The second-order valence-electron chi connectivity index (χ2n) is 5.27. The Balaban J connectivity index is 2.06. The van der Waals surface area contributed by atoms with Crippen molar-refractivity contribution in [2.24, 2.45) is 0 Å². The molecular formula is C16H22N2O4. The third-order valence-electron chi connectivity index (χ3n) is 3.75. The van der Waals surface area contributed by atoms with Crippen LogP contribution in [0.25, 0.3) is 0 Å². The number of aryl methyl sites for hydroxylation is 1. The van der Waals surface area contributed by atoms with Gasteiger partial charge in [0, 0.05) is 6.54 Å². The fourth-order valence-electron chi connectivity index (χ4n) is 2.55. The molecule has 6 nitrogen and oxygen atoms in total. The van der Waals surface area contributed by atoms with Crippen molar-refractivity contribution in [1.29, 1.82) is 0 Å². The van der Waals surface area contributed by atoms with Crippen LogP contribution in [0.1, 0.15) is 18.9 Å². The lowest BCUT2D eigenvalue weighted by molar-refractivity contribution is -0.158. The van der Waals surface area contributed by atoms with Crippen LogP contribution in [-0.2, 0) is 14.3 Å². The highest BCUT2D eigenvalue weighted by atomic mass is 16.5. The van der Waals surface area contributed by atoms with E-state index in [1.807, 2.05) is 30.9 Å². The van der Waals surface area contributed by atoms with Crippen molar-refractivity contribution in [1.82, 2.24) is 4.90 Å². The number of nitrogens with one attached hydrogen (secondary N) is 1. The van der Waals surface area contributed by atoms with E-state index in [1.54, 1.807) is 13.2 Å². The van der Waals surface area contributed by atoms with E-state index in [9.17, 15) is 9.59 Å². The number of hydrogen-bond donors (Lipinski definition) is 1. The number of nitrogens with zero attached hydrogens (tertiary/aromatic N) is 1. The number of cyclic esters (lactones) is 1. The van der Waals surface area contributed by atoms with Crippen molar-refractivity contribution in [2.75, 3.05) is 32.1 Å². The molecule has 22 heavy (non-hydrogen) atoms. The summed E-state index contributed by atoms with van der Waals surface area (Å²) in [5.74, 6) is 0.0307.